The van der Waals surface area contributed by atoms with Crippen LogP contribution < -0.4 is 5.32 Å². The average molecular weight is 230 g/mol. The van der Waals surface area contributed by atoms with Crippen molar-refractivity contribution in [1.29, 1.82) is 0 Å². The predicted octanol–water partition coefficient (Wildman–Crippen LogP) is 1.05. The van der Waals surface area contributed by atoms with Crippen LogP contribution in [0, 0.1) is 6.92 Å². The molecule has 2 aromatic heterocycles. The van der Waals surface area contributed by atoms with Gasteiger partial charge in [0.2, 0.25) is 0 Å². The first-order valence-corrected chi connectivity index (χ1v) is 6.08. The molecule has 0 aliphatic carbocycles. The van der Waals surface area contributed by atoms with Crippen LogP contribution in [0.5, 0.6) is 0 Å². The first kappa shape index (κ1) is 10.7. The van der Waals surface area contributed by atoms with Crippen molar-refractivity contribution in [2.24, 2.45) is 0 Å². The van der Waals surface area contributed by atoms with E-state index in [1.165, 1.54) is 5.56 Å². The van der Waals surface area contributed by atoms with Gasteiger partial charge in [0.05, 0.1) is 5.69 Å². The van der Waals surface area contributed by atoms with E-state index in [4.69, 9.17) is 4.98 Å². The Morgan fingerprint density at radius 1 is 1.53 bits per heavy atom. The number of rotatable bonds is 3. The van der Waals surface area contributed by atoms with Gasteiger partial charge in [0, 0.05) is 38.1 Å². The molecule has 2 aromatic rings. The average Bonchev–Trinajstić information content (AvgIpc) is 2.58. The maximum absolute atomic E-state index is 4.69. The molecule has 0 atom stereocenters. The first-order chi connectivity index (χ1) is 8.24. The lowest BCUT2D eigenvalue weighted by Crippen LogP contribution is -2.55. The van der Waals surface area contributed by atoms with Gasteiger partial charge < -0.3 is 9.72 Å². The fourth-order valence-electron chi connectivity index (χ4n) is 2.25. The Morgan fingerprint density at radius 3 is 3.00 bits per heavy atom. The van der Waals surface area contributed by atoms with Gasteiger partial charge in [0.15, 0.2) is 0 Å². The molecule has 3 rings (SSSR count). The van der Waals surface area contributed by atoms with Gasteiger partial charge in [-0.25, -0.2) is 4.98 Å². The largest absolute Gasteiger partial charge is 0.314 e. The summed E-state index contributed by atoms with van der Waals surface area (Å²) in [6, 6.07) is 4.83. The second kappa shape index (κ2) is 4.13. The molecule has 3 heterocycles. The number of pyridine rings is 1. The number of hydrogen-bond acceptors (Lipinski definition) is 3. The molecular weight excluding hydrogens is 212 g/mol. The van der Waals surface area contributed by atoms with Gasteiger partial charge in [-0.05, 0) is 25.6 Å². The standard InChI is InChI=1S/C13H18N4/c1-10-4-3-5-17-9-11(15-13(10)17)8-16(2)12-6-14-7-12/h3-5,9,12,14H,6-8H2,1-2H3. The molecule has 90 valence electrons. The lowest BCUT2D eigenvalue weighted by atomic mass is 10.1. The summed E-state index contributed by atoms with van der Waals surface area (Å²) in [4.78, 5) is 7.06. The Hall–Kier alpha value is -1.39. The number of fused-ring (bicyclic) bond motifs is 1. The fourth-order valence-corrected chi connectivity index (χ4v) is 2.25. The Balaban J connectivity index is 1.83. The molecule has 0 unspecified atom stereocenters. The molecule has 1 saturated heterocycles. The van der Waals surface area contributed by atoms with E-state index >= 15 is 0 Å². The van der Waals surface area contributed by atoms with Crippen LogP contribution in [-0.2, 0) is 6.54 Å². The maximum Gasteiger partial charge on any atom is 0.139 e. The van der Waals surface area contributed by atoms with Crippen molar-refractivity contribution >= 4 is 5.65 Å². The van der Waals surface area contributed by atoms with Gasteiger partial charge in [-0.2, -0.15) is 0 Å². The maximum atomic E-state index is 4.69. The molecule has 1 aliphatic heterocycles. The molecule has 0 radical (unpaired) electrons. The van der Waals surface area contributed by atoms with Gasteiger partial charge in [-0.15, -0.1) is 0 Å². The third-order valence-corrected chi connectivity index (χ3v) is 3.52. The molecule has 0 aromatic carbocycles. The minimum Gasteiger partial charge on any atom is -0.314 e. The van der Waals surface area contributed by atoms with Crippen LogP contribution in [0.15, 0.2) is 24.5 Å². The molecule has 1 aliphatic rings. The Morgan fingerprint density at radius 2 is 2.35 bits per heavy atom. The van der Waals surface area contributed by atoms with Gasteiger partial charge in [0.25, 0.3) is 0 Å². The fraction of sp³-hybridized carbons (Fsp3) is 0.462. The molecule has 0 spiro atoms. The zero-order valence-electron chi connectivity index (χ0n) is 10.3. The highest BCUT2D eigenvalue weighted by Gasteiger charge is 2.21. The highest BCUT2D eigenvalue weighted by molar-refractivity contribution is 5.47. The molecule has 4 nitrogen and oxygen atoms in total. The molecule has 4 heteroatoms. The van der Waals surface area contributed by atoms with E-state index in [-0.39, 0.29) is 0 Å². The molecule has 17 heavy (non-hydrogen) atoms. The normalized spacial score (nSPS) is 16.6. The predicted molar refractivity (Wildman–Crippen MR) is 68.1 cm³/mol. The first-order valence-electron chi connectivity index (χ1n) is 6.08. The van der Waals surface area contributed by atoms with Crippen LogP contribution in [0.1, 0.15) is 11.3 Å². The van der Waals surface area contributed by atoms with E-state index in [1.54, 1.807) is 0 Å². The van der Waals surface area contributed by atoms with Gasteiger partial charge in [-0.3, -0.25) is 4.90 Å². The SMILES string of the molecule is Cc1cccn2cc(CN(C)C3CNC3)nc12. The third-order valence-electron chi connectivity index (χ3n) is 3.52. The van der Waals surface area contributed by atoms with E-state index in [0.29, 0.717) is 6.04 Å². The van der Waals surface area contributed by atoms with Crippen molar-refractivity contribution in [2.75, 3.05) is 20.1 Å². The number of aromatic nitrogens is 2. The van der Waals surface area contributed by atoms with E-state index in [2.05, 4.69) is 53.1 Å². The van der Waals surface area contributed by atoms with Gasteiger partial charge in [-0.1, -0.05) is 6.07 Å². The van der Waals surface area contributed by atoms with Gasteiger partial charge >= 0.3 is 0 Å². The van der Waals surface area contributed by atoms with Crippen LogP contribution >= 0.6 is 0 Å². The summed E-state index contributed by atoms with van der Waals surface area (Å²) in [5.41, 5.74) is 3.45. The topological polar surface area (TPSA) is 32.6 Å². The van der Waals surface area contributed by atoms with E-state index in [1.807, 2.05) is 0 Å². The van der Waals surface area contributed by atoms with E-state index < -0.39 is 0 Å². The summed E-state index contributed by atoms with van der Waals surface area (Å²) < 4.78 is 2.11. The second-order valence-corrected chi connectivity index (χ2v) is 4.88. The molecule has 0 saturated carbocycles. The van der Waals surface area contributed by atoms with Crippen molar-refractivity contribution in [3.8, 4) is 0 Å². The second-order valence-electron chi connectivity index (χ2n) is 4.88. The van der Waals surface area contributed by atoms with Crippen molar-refractivity contribution in [2.45, 2.75) is 19.5 Å². The van der Waals surface area contributed by atoms with Crippen LogP contribution in [-0.4, -0.2) is 40.5 Å². The summed E-state index contributed by atoms with van der Waals surface area (Å²) in [5, 5.41) is 3.30. The van der Waals surface area contributed by atoms with Gasteiger partial charge in [0.1, 0.15) is 5.65 Å². The number of hydrogen-bond donors (Lipinski definition) is 1. The number of aryl methyl sites for hydroxylation is 1. The summed E-state index contributed by atoms with van der Waals surface area (Å²) in [5.74, 6) is 0. The number of nitrogens with one attached hydrogen (secondary N) is 1. The number of imidazole rings is 1. The summed E-state index contributed by atoms with van der Waals surface area (Å²) >= 11 is 0. The van der Waals surface area contributed by atoms with E-state index in [9.17, 15) is 0 Å². The van der Waals surface area contributed by atoms with Crippen LogP contribution in [0.3, 0.4) is 0 Å². The Kier molecular flexibility index (Phi) is 2.61. The minimum atomic E-state index is 0.668. The lowest BCUT2D eigenvalue weighted by molar-refractivity contribution is 0.171. The van der Waals surface area contributed by atoms with Crippen molar-refractivity contribution < 1.29 is 0 Å². The molecule has 1 N–H and O–H groups in total. The highest BCUT2D eigenvalue weighted by atomic mass is 15.2. The van der Waals surface area contributed by atoms with E-state index in [0.717, 1.165) is 31.0 Å². The van der Waals surface area contributed by atoms with Crippen molar-refractivity contribution in [3.05, 3.63) is 35.8 Å². The monoisotopic (exact) mass is 230 g/mol. The Bertz CT molecular complexity index is 527. The zero-order chi connectivity index (χ0) is 11.8. The highest BCUT2D eigenvalue weighted by Crippen LogP contribution is 2.12. The zero-order valence-corrected chi connectivity index (χ0v) is 10.3. The number of likely N-dealkylation sites (N-methyl/N-ethyl adjacent to an activating group) is 1. The van der Waals surface area contributed by atoms with Crippen LogP contribution in [0.2, 0.25) is 0 Å². The summed E-state index contributed by atoms with van der Waals surface area (Å²) in [6.07, 6.45) is 4.19. The summed E-state index contributed by atoms with van der Waals surface area (Å²) in [7, 11) is 2.17. The lowest BCUT2D eigenvalue weighted by Gasteiger charge is -2.35. The molecule has 1 fully saturated rings. The number of nitrogens with zero attached hydrogens (tertiary/aromatic N) is 3. The summed E-state index contributed by atoms with van der Waals surface area (Å²) in [6.45, 7) is 5.23. The smallest absolute Gasteiger partial charge is 0.139 e. The Labute approximate surface area is 101 Å². The minimum absolute atomic E-state index is 0.668. The van der Waals surface area contributed by atoms with Crippen molar-refractivity contribution in [1.82, 2.24) is 19.6 Å². The molecular formula is C13H18N4. The van der Waals surface area contributed by atoms with Crippen molar-refractivity contribution in [3.63, 3.8) is 0 Å². The quantitative estimate of drug-likeness (QED) is 0.855. The molecule has 0 bridgehead atoms. The van der Waals surface area contributed by atoms with Crippen LogP contribution in [0.4, 0.5) is 0 Å². The van der Waals surface area contributed by atoms with Crippen LogP contribution in [0.25, 0.3) is 5.65 Å². The molecule has 0 amide bonds. The third kappa shape index (κ3) is 1.94.